The zero-order chi connectivity index (χ0) is 15.5. The number of aliphatic hydroxyl groups is 1. The Morgan fingerprint density at radius 3 is 2.76 bits per heavy atom. The molecular formula is C15H20N2O3S. The van der Waals surface area contributed by atoms with E-state index in [4.69, 9.17) is 0 Å². The average Bonchev–Trinajstić information content (AvgIpc) is 2.47. The number of rotatable bonds is 4. The van der Waals surface area contributed by atoms with Gasteiger partial charge in [-0.05, 0) is 37.3 Å². The first-order valence-electron chi connectivity index (χ1n) is 7.12. The molecule has 2 atom stereocenters. The molecule has 0 radical (unpaired) electrons. The highest BCUT2D eigenvalue weighted by Gasteiger charge is 2.30. The number of nitriles is 1. The van der Waals surface area contributed by atoms with Gasteiger partial charge in [-0.2, -0.15) is 5.26 Å². The maximum absolute atomic E-state index is 12.5. The molecule has 1 aliphatic carbocycles. The minimum atomic E-state index is -3.75. The van der Waals surface area contributed by atoms with Gasteiger partial charge in [0, 0.05) is 12.6 Å². The van der Waals surface area contributed by atoms with Crippen molar-refractivity contribution in [1.29, 1.82) is 5.26 Å². The van der Waals surface area contributed by atoms with Gasteiger partial charge in [0.05, 0.1) is 5.56 Å². The third-order valence-corrected chi connectivity index (χ3v) is 5.62. The fourth-order valence-corrected chi connectivity index (χ4v) is 4.42. The van der Waals surface area contributed by atoms with E-state index in [1.165, 1.54) is 6.07 Å². The zero-order valence-corrected chi connectivity index (χ0v) is 12.9. The van der Waals surface area contributed by atoms with Crippen LogP contribution in [-0.2, 0) is 10.0 Å². The van der Waals surface area contributed by atoms with Crippen LogP contribution < -0.4 is 4.72 Å². The Kier molecular flexibility index (Phi) is 4.99. The highest BCUT2D eigenvalue weighted by Crippen LogP contribution is 2.26. The van der Waals surface area contributed by atoms with Crippen molar-refractivity contribution in [2.45, 2.75) is 43.5 Å². The van der Waals surface area contributed by atoms with Crippen LogP contribution in [0.1, 0.15) is 36.8 Å². The van der Waals surface area contributed by atoms with Gasteiger partial charge in [-0.1, -0.05) is 25.0 Å². The lowest BCUT2D eigenvalue weighted by atomic mass is 9.86. The molecule has 6 heteroatoms. The molecule has 2 N–H and O–H groups in total. The first kappa shape index (κ1) is 16.0. The van der Waals surface area contributed by atoms with E-state index in [0.717, 1.165) is 25.7 Å². The first-order chi connectivity index (χ1) is 9.99. The van der Waals surface area contributed by atoms with E-state index in [2.05, 4.69) is 4.72 Å². The molecule has 0 aliphatic heterocycles. The van der Waals surface area contributed by atoms with E-state index >= 15 is 0 Å². The third kappa shape index (κ3) is 3.43. The van der Waals surface area contributed by atoms with E-state index in [9.17, 15) is 18.8 Å². The van der Waals surface area contributed by atoms with E-state index in [1.807, 2.05) is 6.07 Å². The molecule has 1 aromatic carbocycles. The van der Waals surface area contributed by atoms with Crippen LogP contribution in [0.25, 0.3) is 0 Å². The van der Waals surface area contributed by atoms with Crippen LogP contribution in [0.15, 0.2) is 23.1 Å². The highest BCUT2D eigenvalue weighted by atomic mass is 32.2. The van der Waals surface area contributed by atoms with Crippen LogP contribution in [0.5, 0.6) is 0 Å². The van der Waals surface area contributed by atoms with Crippen LogP contribution in [0.3, 0.4) is 0 Å². The third-order valence-electron chi connectivity index (χ3n) is 4.09. The van der Waals surface area contributed by atoms with Crippen molar-refractivity contribution in [1.82, 2.24) is 4.72 Å². The number of benzene rings is 1. The summed E-state index contributed by atoms with van der Waals surface area (Å²) in [5.41, 5.74) is 0.823. The molecule has 1 aliphatic rings. The van der Waals surface area contributed by atoms with Gasteiger partial charge in [0.25, 0.3) is 0 Å². The summed E-state index contributed by atoms with van der Waals surface area (Å²) in [7, 11) is -3.75. The number of sulfonamides is 1. The summed E-state index contributed by atoms with van der Waals surface area (Å²) in [6.07, 6.45) is 3.50. The van der Waals surface area contributed by atoms with Gasteiger partial charge in [-0.25, -0.2) is 13.1 Å². The molecule has 1 fully saturated rings. The van der Waals surface area contributed by atoms with E-state index < -0.39 is 10.0 Å². The van der Waals surface area contributed by atoms with Gasteiger partial charge in [0.15, 0.2) is 0 Å². The summed E-state index contributed by atoms with van der Waals surface area (Å²) in [6.45, 7) is 1.70. The van der Waals surface area contributed by atoms with Crippen molar-refractivity contribution in [2.24, 2.45) is 5.92 Å². The Morgan fingerprint density at radius 1 is 1.38 bits per heavy atom. The predicted molar refractivity (Wildman–Crippen MR) is 79.0 cm³/mol. The summed E-state index contributed by atoms with van der Waals surface area (Å²) >= 11 is 0. The molecule has 0 amide bonds. The predicted octanol–water partition coefficient (Wildman–Crippen LogP) is 1.70. The van der Waals surface area contributed by atoms with Crippen LogP contribution in [-0.4, -0.2) is 26.2 Å². The fourth-order valence-electron chi connectivity index (χ4n) is 2.85. The molecule has 1 saturated carbocycles. The van der Waals surface area contributed by atoms with Crippen molar-refractivity contribution in [3.8, 4) is 6.07 Å². The number of nitrogens with zero attached hydrogens (tertiary/aromatic N) is 1. The van der Waals surface area contributed by atoms with Crippen LogP contribution in [0.4, 0.5) is 0 Å². The highest BCUT2D eigenvalue weighted by molar-refractivity contribution is 7.89. The molecule has 0 saturated heterocycles. The monoisotopic (exact) mass is 308 g/mol. The molecule has 0 spiro atoms. The second-order valence-corrected chi connectivity index (χ2v) is 7.20. The van der Waals surface area contributed by atoms with Gasteiger partial charge in [-0.15, -0.1) is 0 Å². The summed E-state index contributed by atoms with van der Waals surface area (Å²) in [5, 5.41) is 18.6. The summed E-state index contributed by atoms with van der Waals surface area (Å²) in [5.74, 6) is -0.0520. The number of nitrogens with one attached hydrogen (secondary N) is 1. The Bertz CT molecular complexity index is 649. The SMILES string of the molecule is Cc1cccc(S(=O)(=O)NC2CCCCC2CO)c1C#N. The molecule has 0 aromatic heterocycles. The lowest BCUT2D eigenvalue weighted by Crippen LogP contribution is -2.43. The van der Waals surface area contributed by atoms with E-state index in [1.54, 1.807) is 19.1 Å². The van der Waals surface area contributed by atoms with Crippen molar-refractivity contribution in [2.75, 3.05) is 6.61 Å². The van der Waals surface area contributed by atoms with Gasteiger partial charge in [-0.3, -0.25) is 0 Å². The molecule has 0 bridgehead atoms. The summed E-state index contributed by atoms with van der Waals surface area (Å²) in [4.78, 5) is 0.0206. The molecule has 5 nitrogen and oxygen atoms in total. The number of aryl methyl sites for hydroxylation is 1. The lowest BCUT2D eigenvalue weighted by Gasteiger charge is -2.30. The lowest BCUT2D eigenvalue weighted by molar-refractivity contribution is 0.164. The van der Waals surface area contributed by atoms with Crippen molar-refractivity contribution in [3.05, 3.63) is 29.3 Å². The largest absolute Gasteiger partial charge is 0.396 e. The Labute approximate surface area is 125 Å². The molecule has 21 heavy (non-hydrogen) atoms. The Morgan fingerprint density at radius 2 is 2.10 bits per heavy atom. The van der Waals surface area contributed by atoms with Crippen molar-refractivity contribution in [3.63, 3.8) is 0 Å². The second-order valence-electron chi connectivity index (χ2n) is 5.51. The number of hydrogen-bond donors (Lipinski definition) is 2. The van der Waals surface area contributed by atoms with Gasteiger partial charge in [0.2, 0.25) is 10.0 Å². The van der Waals surface area contributed by atoms with Gasteiger partial charge >= 0.3 is 0 Å². The average molecular weight is 308 g/mol. The minimum absolute atomic E-state index is 0.0206. The zero-order valence-electron chi connectivity index (χ0n) is 12.0. The van der Waals surface area contributed by atoms with E-state index in [0.29, 0.717) is 5.56 Å². The topological polar surface area (TPSA) is 90.2 Å². The maximum atomic E-state index is 12.5. The standard InChI is InChI=1S/C15H20N2O3S/c1-11-5-4-8-15(13(11)9-16)21(19,20)17-14-7-3-2-6-12(14)10-18/h4-5,8,12,14,17-18H,2-3,6-7,10H2,1H3. The summed E-state index contributed by atoms with van der Waals surface area (Å²) in [6, 6.07) is 6.50. The first-order valence-corrected chi connectivity index (χ1v) is 8.61. The van der Waals surface area contributed by atoms with E-state index in [-0.39, 0.29) is 29.0 Å². The molecule has 2 unspecified atom stereocenters. The smallest absolute Gasteiger partial charge is 0.242 e. The Balaban J connectivity index is 2.31. The van der Waals surface area contributed by atoms with Crippen LogP contribution >= 0.6 is 0 Å². The molecular weight excluding hydrogens is 288 g/mol. The number of aliphatic hydroxyl groups excluding tert-OH is 1. The quantitative estimate of drug-likeness (QED) is 0.885. The maximum Gasteiger partial charge on any atom is 0.242 e. The minimum Gasteiger partial charge on any atom is -0.396 e. The van der Waals surface area contributed by atoms with Gasteiger partial charge in [0.1, 0.15) is 11.0 Å². The second kappa shape index (κ2) is 6.56. The Hall–Kier alpha value is -1.42. The molecule has 114 valence electrons. The van der Waals surface area contributed by atoms with Crippen molar-refractivity contribution < 1.29 is 13.5 Å². The molecule has 2 rings (SSSR count). The van der Waals surface area contributed by atoms with Gasteiger partial charge < -0.3 is 5.11 Å². The van der Waals surface area contributed by atoms with Crippen molar-refractivity contribution >= 4 is 10.0 Å². The molecule has 1 aromatic rings. The summed E-state index contributed by atoms with van der Waals surface area (Å²) < 4.78 is 27.8. The fraction of sp³-hybridized carbons (Fsp3) is 0.533. The van der Waals surface area contributed by atoms with Crippen LogP contribution in [0, 0.1) is 24.2 Å². The number of hydrogen-bond acceptors (Lipinski definition) is 4. The molecule has 0 heterocycles. The normalized spacial score (nSPS) is 22.7. The van der Waals surface area contributed by atoms with Crippen LogP contribution in [0.2, 0.25) is 0 Å².